The molecule has 3 rings (SSSR count). The van der Waals surface area contributed by atoms with Crippen LogP contribution in [0, 0.1) is 12.7 Å². The van der Waals surface area contributed by atoms with E-state index < -0.39 is 0 Å². The van der Waals surface area contributed by atoms with E-state index in [1.807, 2.05) is 14.0 Å². The quantitative estimate of drug-likeness (QED) is 0.618. The molecule has 1 saturated heterocycles. The Bertz CT molecular complexity index is 880. The normalized spacial score (nSPS) is 19.1. The smallest absolute Gasteiger partial charge is 0.271 e. The third-order valence-electron chi connectivity index (χ3n) is 5.69. The number of aromatic nitrogens is 2. The maximum Gasteiger partial charge on any atom is 0.271 e. The van der Waals surface area contributed by atoms with Gasteiger partial charge in [-0.3, -0.25) is 14.5 Å². The van der Waals surface area contributed by atoms with Crippen LogP contribution in [-0.2, 0) is 4.79 Å². The summed E-state index contributed by atoms with van der Waals surface area (Å²) in [5.74, 6) is 0.0594. The molecule has 0 aliphatic carbocycles. The molecule has 1 aromatic heterocycles. The number of aryl methyl sites for hydroxylation is 1. The number of hydrogen-bond donors (Lipinski definition) is 3. The minimum absolute atomic E-state index is 0.0823. The summed E-state index contributed by atoms with van der Waals surface area (Å²) in [6.45, 7) is 5.03. The van der Waals surface area contributed by atoms with Gasteiger partial charge in [0.05, 0.1) is 0 Å². The van der Waals surface area contributed by atoms with Crippen molar-refractivity contribution in [1.82, 2.24) is 25.5 Å². The second-order valence-electron chi connectivity index (χ2n) is 7.88. The van der Waals surface area contributed by atoms with Crippen LogP contribution >= 0.6 is 0 Å². The predicted molar refractivity (Wildman–Crippen MR) is 114 cm³/mol. The number of likely N-dealkylation sites (N-methyl/N-ethyl adjacent to an activating group) is 1. The van der Waals surface area contributed by atoms with Crippen LogP contribution < -0.4 is 10.6 Å². The van der Waals surface area contributed by atoms with E-state index >= 15 is 0 Å². The van der Waals surface area contributed by atoms with Crippen LogP contribution in [0.1, 0.15) is 48.8 Å². The first-order valence-corrected chi connectivity index (χ1v) is 10.5. The van der Waals surface area contributed by atoms with Crippen molar-refractivity contribution in [3.05, 3.63) is 41.5 Å². The SMILES string of the molecule is CCCNC(=O)C[C@H]1CC[C@@H](CNC(=O)c2nc(-c3ccc(F)cc3)[nH]c2C)N1C. The summed E-state index contributed by atoms with van der Waals surface area (Å²) in [5.41, 5.74) is 1.72. The van der Waals surface area contributed by atoms with E-state index in [9.17, 15) is 14.0 Å². The fraction of sp³-hybridized carbons (Fsp3) is 0.500. The zero-order valence-corrected chi connectivity index (χ0v) is 17.8. The Morgan fingerprint density at radius 3 is 2.60 bits per heavy atom. The average molecular weight is 416 g/mol. The van der Waals surface area contributed by atoms with Crippen LogP contribution in [0.3, 0.4) is 0 Å². The summed E-state index contributed by atoms with van der Waals surface area (Å²) < 4.78 is 13.1. The molecule has 0 unspecified atom stereocenters. The van der Waals surface area contributed by atoms with Crippen LogP contribution in [0.5, 0.6) is 0 Å². The molecule has 1 fully saturated rings. The minimum Gasteiger partial charge on any atom is -0.356 e. The van der Waals surface area contributed by atoms with Crippen molar-refractivity contribution < 1.29 is 14.0 Å². The Labute approximate surface area is 176 Å². The molecule has 7 nitrogen and oxygen atoms in total. The van der Waals surface area contributed by atoms with Gasteiger partial charge in [0.2, 0.25) is 5.91 Å². The van der Waals surface area contributed by atoms with E-state index in [0.717, 1.165) is 24.8 Å². The van der Waals surface area contributed by atoms with Gasteiger partial charge in [-0.2, -0.15) is 0 Å². The molecule has 0 saturated carbocycles. The van der Waals surface area contributed by atoms with Crippen LogP contribution in [0.2, 0.25) is 0 Å². The fourth-order valence-electron chi connectivity index (χ4n) is 3.85. The molecule has 1 aliphatic rings. The van der Waals surface area contributed by atoms with Crippen molar-refractivity contribution in [2.24, 2.45) is 0 Å². The van der Waals surface area contributed by atoms with E-state index in [4.69, 9.17) is 0 Å². The van der Waals surface area contributed by atoms with Gasteiger partial charge in [-0.25, -0.2) is 9.37 Å². The van der Waals surface area contributed by atoms with Crippen molar-refractivity contribution >= 4 is 11.8 Å². The highest BCUT2D eigenvalue weighted by atomic mass is 19.1. The number of halogens is 1. The molecular formula is C22H30FN5O2. The lowest BCUT2D eigenvalue weighted by molar-refractivity contribution is -0.122. The number of rotatable bonds is 8. The molecule has 2 atom stereocenters. The maximum atomic E-state index is 13.1. The second kappa shape index (κ2) is 9.84. The van der Waals surface area contributed by atoms with Crippen LogP contribution in [0.4, 0.5) is 4.39 Å². The number of hydrogen-bond acceptors (Lipinski definition) is 4. The third kappa shape index (κ3) is 5.24. The first kappa shape index (κ1) is 22.0. The number of amides is 2. The average Bonchev–Trinajstić information content (AvgIpc) is 3.28. The molecule has 0 radical (unpaired) electrons. The standard InChI is InChI=1S/C22H30FN5O2/c1-4-11-24-19(29)12-17-9-10-18(28(17)3)13-25-22(30)20-14(2)26-21(27-20)15-5-7-16(23)8-6-15/h5-8,17-18H,4,9-13H2,1-3H3,(H,24,29)(H,25,30)(H,26,27)/t17-,18+/m1/s1. The number of likely N-dealkylation sites (tertiary alicyclic amines) is 1. The molecular weight excluding hydrogens is 385 g/mol. The van der Waals surface area contributed by atoms with Gasteiger partial charge in [0.15, 0.2) is 0 Å². The number of imidazole rings is 1. The van der Waals surface area contributed by atoms with E-state index in [1.165, 1.54) is 12.1 Å². The number of carbonyl (C=O) groups is 2. The minimum atomic E-state index is -0.318. The third-order valence-corrected chi connectivity index (χ3v) is 5.69. The van der Waals surface area contributed by atoms with Gasteiger partial charge in [-0.05, 0) is 57.5 Å². The first-order chi connectivity index (χ1) is 14.4. The molecule has 2 amide bonds. The van der Waals surface area contributed by atoms with Gasteiger partial charge in [0.25, 0.3) is 5.91 Å². The molecule has 0 spiro atoms. The van der Waals surface area contributed by atoms with Crippen molar-refractivity contribution in [2.75, 3.05) is 20.1 Å². The van der Waals surface area contributed by atoms with Crippen LogP contribution in [0.25, 0.3) is 11.4 Å². The van der Waals surface area contributed by atoms with Crippen molar-refractivity contribution in [3.63, 3.8) is 0 Å². The molecule has 1 aliphatic heterocycles. The summed E-state index contributed by atoms with van der Waals surface area (Å²) in [6.07, 6.45) is 3.28. The number of carbonyl (C=O) groups excluding carboxylic acids is 2. The molecule has 30 heavy (non-hydrogen) atoms. The lowest BCUT2D eigenvalue weighted by Gasteiger charge is -2.25. The van der Waals surface area contributed by atoms with Crippen LogP contribution in [0.15, 0.2) is 24.3 Å². The Hall–Kier alpha value is -2.74. The lowest BCUT2D eigenvalue weighted by atomic mass is 10.1. The molecule has 0 bridgehead atoms. The molecule has 162 valence electrons. The fourth-order valence-corrected chi connectivity index (χ4v) is 3.85. The summed E-state index contributed by atoms with van der Waals surface area (Å²) >= 11 is 0. The number of benzene rings is 1. The van der Waals surface area contributed by atoms with Gasteiger partial charge < -0.3 is 15.6 Å². The molecule has 2 aromatic rings. The van der Waals surface area contributed by atoms with Gasteiger partial charge in [-0.15, -0.1) is 0 Å². The molecule has 3 N–H and O–H groups in total. The summed E-state index contributed by atoms with van der Waals surface area (Å²) in [4.78, 5) is 34.3. The van der Waals surface area contributed by atoms with Gasteiger partial charge >= 0.3 is 0 Å². The molecule has 1 aromatic carbocycles. The monoisotopic (exact) mass is 415 g/mol. The number of nitrogens with zero attached hydrogens (tertiary/aromatic N) is 2. The number of nitrogens with one attached hydrogen (secondary N) is 3. The Morgan fingerprint density at radius 1 is 1.20 bits per heavy atom. The van der Waals surface area contributed by atoms with Gasteiger partial charge in [0.1, 0.15) is 17.3 Å². The largest absolute Gasteiger partial charge is 0.356 e. The number of H-pyrrole nitrogens is 1. The first-order valence-electron chi connectivity index (χ1n) is 10.5. The lowest BCUT2D eigenvalue weighted by Crippen LogP contribution is -2.42. The maximum absolute atomic E-state index is 13.1. The van der Waals surface area contributed by atoms with Crippen molar-refractivity contribution in [3.8, 4) is 11.4 Å². The number of aromatic amines is 1. The zero-order valence-electron chi connectivity index (χ0n) is 17.8. The second-order valence-corrected chi connectivity index (χ2v) is 7.88. The summed E-state index contributed by atoms with van der Waals surface area (Å²) in [6, 6.07) is 6.36. The van der Waals surface area contributed by atoms with Crippen molar-refractivity contribution in [1.29, 1.82) is 0 Å². The highest BCUT2D eigenvalue weighted by Crippen LogP contribution is 2.24. The van der Waals surface area contributed by atoms with Gasteiger partial charge in [0, 0.05) is 42.9 Å². The molecule has 8 heteroatoms. The Kier molecular flexibility index (Phi) is 7.20. The Balaban J connectivity index is 1.54. The topological polar surface area (TPSA) is 90.1 Å². The van der Waals surface area contributed by atoms with Crippen LogP contribution in [-0.4, -0.2) is 58.9 Å². The van der Waals surface area contributed by atoms with E-state index in [-0.39, 0.29) is 29.7 Å². The predicted octanol–water partition coefficient (Wildman–Crippen LogP) is 2.63. The zero-order chi connectivity index (χ0) is 21.7. The summed E-state index contributed by atoms with van der Waals surface area (Å²) in [5, 5.41) is 5.89. The van der Waals surface area contributed by atoms with Crippen molar-refractivity contribution in [2.45, 2.75) is 51.6 Å². The van der Waals surface area contributed by atoms with E-state index in [2.05, 4.69) is 25.5 Å². The van der Waals surface area contributed by atoms with Gasteiger partial charge in [-0.1, -0.05) is 6.92 Å². The Morgan fingerprint density at radius 2 is 1.90 bits per heavy atom. The molecule has 2 heterocycles. The van der Waals surface area contributed by atoms with E-state index in [0.29, 0.717) is 36.7 Å². The highest BCUT2D eigenvalue weighted by Gasteiger charge is 2.32. The highest BCUT2D eigenvalue weighted by molar-refractivity contribution is 5.94. The summed E-state index contributed by atoms with van der Waals surface area (Å²) in [7, 11) is 2.01. The van der Waals surface area contributed by atoms with E-state index in [1.54, 1.807) is 19.1 Å².